The van der Waals surface area contributed by atoms with Crippen molar-refractivity contribution < 1.29 is 9.90 Å². The Bertz CT molecular complexity index is 1070. The molecule has 1 atom stereocenters. The summed E-state index contributed by atoms with van der Waals surface area (Å²) in [6.07, 6.45) is 3.96. The maximum Gasteiger partial charge on any atom is 0.336 e. The third-order valence-corrected chi connectivity index (χ3v) is 4.41. The van der Waals surface area contributed by atoms with Gasteiger partial charge in [-0.3, -0.25) is 19.3 Å². The average molecular weight is 356 g/mol. The lowest BCUT2D eigenvalue weighted by atomic mass is 10.1. The first-order valence-corrected chi connectivity index (χ1v) is 8.18. The second-order valence-corrected chi connectivity index (χ2v) is 6.07. The van der Waals surface area contributed by atoms with Gasteiger partial charge in [-0.15, -0.1) is 0 Å². The number of rotatable bonds is 4. The fourth-order valence-corrected chi connectivity index (χ4v) is 3.03. The van der Waals surface area contributed by atoms with Crippen molar-refractivity contribution in [1.82, 2.24) is 19.5 Å². The van der Waals surface area contributed by atoms with Crippen LogP contribution in [-0.4, -0.2) is 30.6 Å². The summed E-state index contributed by atoms with van der Waals surface area (Å²) < 4.78 is 1.91. The van der Waals surface area contributed by atoms with Crippen LogP contribution >= 0.6 is 12.2 Å². The van der Waals surface area contributed by atoms with Gasteiger partial charge in [0, 0.05) is 24.0 Å². The monoisotopic (exact) mass is 356 g/mol. The summed E-state index contributed by atoms with van der Waals surface area (Å²) in [5.41, 5.74) is 0.685. The molecule has 0 aliphatic rings. The maximum absolute atomic E-state index is 12.4. The van der Waals surface area contributed by atoms with E-state index in [1.165, 1.54) is 6.07 Å². The molecule has 7 nitrogen and oxygen atoms in total. The topological polar surface area (TPSA) is 101 Å². The van der Waals surface area contributed by atoms with E-state index >= 15 is 0 Å². The van der Waals surface area contributed by atoms with E-state index in [1.54, 1.807) is 29.1 Å². The molecule has 128 valence electrons. The van der Waals surface area contributed by atoms with Crippen LogP contribution in [0.25, 0.3) is 22.3 Å². The van der Waals surface area contributed by atoms with Gasteiger partial charge in [0.15, 0.2) is 4.77 Å². The number of nitrogens with zero attached hydrogens (tertiary/aromatic N) is 3. The van der Waals surface area contributed by atoms with E-state index in [-0.39, 0.29) is 27.4 Å². The zero-order chi connectivity index (χ0) is 18.1. The molecule has 0 fully saturated rings. The Kier molecular flexibility index (Phi) is 4.45. The molecule has 3 aromatic heterocycles. The number of pyridine rings is 2. The Hall–Kier alpha value is -2.87. The molecule has 3 heterocycles. The van der Waals surface area contributed by atoms with Gasteiger partial charge >= 0.3 is 5.97 Å². The highest BCUT2D eigenvalue weighted by molar-refractivity contribution is 7.71. The van der Waals surface area contributed by atoms with Crippen molar-refractivity contribution >= 4 is 29.2 Å². The molecule has 0 aliphatic heterocycles. The van der Waals surface area contributed by atoms with Crippen LogP contribution in [0.1, 0.15) is 36.7 Å². The molecule has 8 heteroatoms. The van der Waals surface area contributed by atoms with Gasteiger partial charge in [-0.2, -0.15) is 0 Å². The fraction of sp³-hybridized carbons (Fsp3) is 0.235. The molecule has 3 aromatic rings. The largest absolute Gasteiger partial charge is 0.478 e. The van der Waals surface area contributed by atoms with Crippen LogP contribution in [0.5, 0.6) is 0 Å². The Morgan fingerprint density at radius 1 is 1.48 bits per heavy atom. The molecule has 3 rings (SSSR count). The van der Waals surface area contributed by atoms with Crippen LogP contribution in [0.4, 0.5) is 0 Å². The van der Waals surface area contributed by atoms with Gasteiger partial charge in [-0.1, -0.05) is 6.92 Å². The summed E-state index contributed by atoms with van der Waals surface area (Å²) in [5.74, 6) is -1.20. The first-order chi connectivity index (χ1) is 11.9. The number of hydrogen-bond acceptors (Lipinski definition) is 5. The van der Waals surface area contributed by atoms with Crippen LogP contribution < -0.4 is 5.56 Å². The second kappa shape index (κ2) is 6.56. The standard InChI is InChI=1S/C17H16N4O3S/c1-3-9(2)21-14-13(15(22)20-17(21)25)11(16(23)24)7-12(19-14)10-5-4-6-18-8-10/h4-9H,3H2,1-2H3,(H,23,24)(H,20,22,25)/t9-/m0/s1. The number of carbonyl (C=O) groups is 1. The summed E-state index contributed by atoms with van der Waals surface area (Å²) in [5, 5.41) is 9.63. The SMILES string of the molecule is CC[C@H](C)n1c(=S)[nH]c(=O)c2c(C(=O)O)cc(-c3cccnc3)nc21. The van der Waals surface area contributed by atoms with Crippen molar-refractivity contribution in [3.05, 3.63) is 51.3 Å². The lowest BCUT2D eigenvalue weighted by Gasteiger charge is -2.17. The van der Waals surface area contributed by atoms with Crippen LogP contribution in [0.2, 0.25) is 0 Å². The quantitative estimate of drug-likeness (QED) is 0.696. The first-order valence-electron chi connectivity index (χ1n) is 7.77. The van der Waals surface area contributed by atoms with E-state index in [0.29, 0.717) is 11.3 Å². The summed E-state index contributed by atoms with van der Waals surface area (Å²) in [4.78, 5) is 35.3. The number of nitrogens with one attached hydrogen (secondary N) is 1. The highest BCUT2D eigenvalue weighted by atomic mass is 32.1. The predicted molar refractivity (Wildman–Crippen MR) is 96.4 cm³/mol. The third-order valence-electron chi connectivity index (χ3n) is 4.11. The fourth-order valence-electron chi connectivity index (χ4n) is 2.67. The van der Waals surface area contributed by atoms with E-state index in [4.69, 9.17) is 12.2 Å². The van der Waals surface area contributed by atoms with Crippen LogP contribution in [0.3, 0.4) is 0 Å². The van der Waals surface area contributed by atoms with Gasteiger partial charge in [0.2, 0.25) is 0 Å². The molecule has 0 amide bonds. The van der Waals surface area contributed by atoms with Crippen LogP contribution in [-0.2, 0) is 0 Å². The molecular formula is C17H16N4O3S. The van der Waals surface area contributed by atoms with Gasteiger partial charge in [0.25, 0.3) is 5.56 Å². The van der Waals surface area contributed by atoms with Crippen molar-refractivity contribution in [2.45, 2.75) is 26.3 Å². The predicted octanol–water partition coefficient (Wildman–Crippen LogP) is 3.19. The Labute approximate surface area is 148 Å². The third kappa shape index (κ3) is 2.96. The number of H-pyrrole nitrogens is 1. The number of fused-ring (bicyclic) bond motifs is 1. The molecule has 2 N–H and O–H groups in total. The normalized spacial score (nSPS) is 12.2. The smallest absolute Gasteiger partial charge is 0.336 e. The van der Waals surface area contributed by atoms with Crippen LogP contribution in [0, 0.1) is 4.77 Å². The Balaban J connectivity index is 2.50. The lowest BCUT2D eigenvalue weighted by Crippen LogP contribution is -2.20. The molecule has 0 aliphatic carbocycles. The van der Waals surface area contributed by atoms with Gasteiger partial charge in [0.1, 0.15) is 5.65 Å². The number of aromatic nitrogens is 4. The van der Waals surface area contributed by atoms with Gasteiger partial charge in [-0.25, -0.2) is 9.78 Å². The van der Waals surface area contributed by atoms with Crippen molar-refractivity contribution in [2.75, 3.05) is 0 Å². The number of aromatic amines is 1. The molecular weight excluding hydrogens is 340 g/mol. The van der Waals surface area contributed by atoms with Gasteiger partial charge in [-0.05, 0) is 43.8 Å². The summed E-state index contributed by atoms with van der Waals surface area (Å²) in [7, 11) is 0. The molecule has 0 saturated heterocycles. The highest BCUT2D eigenvalue weighted by Gasteiger charge is 2.20. The Morgan fingerprint density at radius 3 is 2.84 bits per heavy atom. The number of carboxylic acid groups (broad SMARTS) is 1. The van der Waals surface area contributed by atoms with E-state index in [9.17, 15) is 14.7 Å². The zero-order valence-corrected chi connectivity index (χ0v) is 14.5. The average Bonchev–Trinajstić information content (AvgIpc) is 2.61. The van der Waals surface area contributed by atoms with Crippen molar-refractivity contribution in [1.29, 1.82) is 0 Å². The van der Waals surface area contributed by atoms with Gasteiger partial charge in [0.05, 0.1) is 16.6 Å². The van der Waals surface area contributed by atoms with Gasteiger partial charge < -0.3 is 5.11 Å². The molecule has 0 radical (unpaired) electrons. The van der Waals surface area contributed by atoms with Crippen molar-refractivity contribution in [2.24, 2.45) is 0 Å². The van der Waals surface area contributed by atoms with Crippen molar-refractivity contribution in [3.63, 3.8) is 0 Å². The molecule has 0 spiro atoms. The van der Waals surface area contributed by atoms with E-state index < -0.39 is 11.5 Å². The molecule has 0 bridgehead atoms. The lowest BCUT2D eigenvalue weighted by molar-refractivity contribution is 0.0699. The summed E-state index contributed by atoms with van der Waals surface area (Å²) >= 11 is 5.29. The molecule has 0 aromatic carbocycles. The number of hydrogen-bond donors (Lipinski definition) is 2. The van der Waals surface area contributed by atoms with E-state index in [2.05, 4.69) is 15.0 Å². The van der Waals surface area contributed by atoms with Crippen molar-refractivity contribution in [3.8, 4) is 11.3 Å². The van der Waals surface area contributed by atoms with Crippen LogP contribution in [0.15, 0.2) is 35.4 Å². The first kappa shape index (κ1) is 17.0. The van der Waals surface area contributed by atoms with E-state index in [0.717, 1.165) is 6.42 Å². The summed E-state index contributed by atoms with van der Waals surface area (Å²) in [6, 6.07) is 4.86. The molecule has 0 unspecified atom stereocenters. The highest BCUT2D eigenvalue weighted by Crippen LogP contribution is 2.25. The molecule has 0 saturated carbocycles. The molecule has 25 heavy (non-hydrogen) atoms. The number of aromatic carboxylic acids is 1. The Morgan fingerprint density at radius 2 is 2.24 bits per heavy atom. The minimum absolute atomic E-state index is 0.0223. The second-order valence-electron chi connectivity index (χ2n) is 5.69. The minimum Gasteiger partial charge on any atom is -0.478 e. The number of carboxylic acids is 1. The zero-order valence-electron chi connectivity index (χ0n) is 13.7. The summed E-state index contributed by atoms with van der Waals surface area (Å²) in [6.45, 7) is 3.92. The maximum atomic E-state index is 12.4. The van der Waals surface area contributed by atoms with E-state index in [1.807, 2.05) is 13.8 Å². The minimum atomic E-state index is -1.20.